The van der Waals surface area contributed by atoms with Crippen LogP contribution in [0.4, 0.5) is 5.69 Å². The van der Waals surface area contributed by atoms with Gasteiger partial charge in [-0.25, -0.2) is 13.1 Å². The summed E-state index contributed by atoms with van der Waals surface area (Å²) in [4.78, 5) is 12.3. The fourth-order valence-electron chi connectivity index (χ4n) is 3.33. The molecule has 0 saturated heterocycles. The Bertz CT molecular complexity index is 1040. The molecule has 0 bridgehead atoms. The minimum atomic E-state index is -3.66. The Morgan fingerprint density at radius 1 is 1.06 bits per heavy atom. The zero-order valence-corrected chi connectivity index (χ0v) is 18.9. The summed E-state index contributed by atoms with van der Waals surface area (Å²) in [7, 11) is -0.644. The van der Waals surface area contributed by atoms with E-state index in [-0.39, 0.29) is 28.3 Å². The first kappa shape index (κ1) is 23.2. The van der Waals surface area contributed by atoms with Crippen LogP contribution in [0.2, 0.25) is 5.02 Å². The van der Waals surface area contributed by atoms with E-state index in [0.717, 1.165) is 25.7 Å². The summed E-state index contributed by atoms with van der Waals surface area (Å²) in [6, 6.07) is 9.10. The molecule has 2 aromatic rings. The molecule has 0 spiro atoms. The van der Waals surface area contributed by atoms with Gasteiger partial charge in [-0.2, -0.15) is 0 Å². The van der Waals surface area contributed by atoms with Gasteiger partial charge in [0.25, 0.3) is 5.91 Å². The first-order valence-corrected chi connectivity index (χ1v) is 11.6. The van der Waals surface area contributed by atoms with Gasteiger partial charge in [-0.3, -0.25) is 4.79 Å². The standard InChI is InChI=1S/C21H25ClN2O6S/c1-28-15-7-9-18(20(11-15)29-2)23-21(25)13-30-19-10-8-16(12-17(19)22)31(26,27)24-14-5-3-4-6-14/h7-12,14,24H,3-6,13H2,1-2H3,(H,23,25). The van der Waals surface area contributed by atoms with Crippen LogP contribution >= 0.6 is 11.6 Å². The summed E-state index contributed by atoms with van der Waals surface area (Å²) < 4.78 is 43.6. The molecule has 2 aromatic carbocycles. The number of sulfonamides is 1. The van der Waals surface area contributed by atoms with Crippen molar-refractivity contribution < 1.29 is 27.4 Å². The second kappa shape index (κ2) is 10.2. The molecule has 3 rings (SSSR count). The lowest BCUT2D eigenvalue weighted by Gasteiger charge is -2.14. The van der Waals surface area contributed by atoms with Crippen LogP contribution in [0.3, 0.4) is 0 Å². The molecule has 0 radical (unpaired) electrons. The third-order valence-electron chi connectivity index (χ3n) is 4.93. The summed E-state index contributed by atoms with van der Waals surface area (Å²) in [6.07, 6.45) is 3.71. The van der Waals surface area contributed by atoms with Gasteiger partial charge in [0.1, 0.15) is 17.2 Å². The van der Waals surface area contributed by atoms with Crippen molar-refractivity contribution in [2.45, 2.75) is 36.6 Å². The Morgan fingerprint density at radius 2 is 1.81 bits per heavy atom. The Labute approximate surface area is 186 Å². The minimum absolute atomic E-state index is 0.0432. The van der Waals surface area contributed by atoms with Crippen molar-refractivity contribution in [1.82, 2.24) is 4.72 Å². The highest BCUT2D eigenvalue weighted by atomic mass is 35.5. The van der Waals surface area contributed by atoms with Crippen molar-refractivity contribution in [1.29, 1.82) is 0 Å². The van der Waals surface area contributed by atoms with Gasteiger partial charge in [-0.05, 0) is 43.2 Å². The molecular weight excluding hydrogens is 444 g/mol. The lowest BCUT2D eigenvalue weighted by atomic mass is 10.2. The van der Waals surface area contributed by atoms with E-state index in [1.807, 2.05) is 0 Å². The normalized spacial score (nSPS) is 14.3. The summed E-state index contributed by atoms with van der Waals surface area (Å²) >= 11 is 6.19. The average molecular weight is 469 g/mol. The first-order chi connectivity index (χ1) is 14.8. The second-order valence-electron chi connectivity index (χ2n) is 7.10. The fourth-order valence-corrected chi connectivity index (χ4v) is 4.96. The molecule has 0 aromatic heterocycles. The predicted molar refractivity (Wildman–Crippen MR) is 118 cm³/mol. The zero-order chi connectivity index (χ0) is 22.4. The maximum atomic E-state index is 12.5. The van der Waals surface area contributed by atoms with E-state index in [1.165, 1.54) is 32.4 Å². The number of benzene rings is 2. The Kier molecular flexibility index (Phi) is 7.64. The van der Waals surface area contributed by atoms with Gasteiger partial charge >= 0.3 is 0 Å². The van der Waals surface area contributed by atoms with Crippen LogP contribution in [-0.2, 0) is 14.8 Å². The molecule has 1 aliphatic carbocycles. The molecule has 0 heterocycles. The molecule has 1 saturated carbocycles. The Morgan fingerprint density at radius 3 is 2.45 bits per heavy atom. The number of anilines is 1. The molecule has 2 N–H and O–H groups in total. The number of carbonyl (C=O) groups is 1. The molecule has 1 amide bonds. The van der Waals surface area contributed by atoms with Gasteiger partial charge in [0.15, 0.2) is 6.61 Å². The molecule has 0 atom stereocenters. The van der Waals surface area contributed by atoms with Gasteiger partial charge in [0.2, 0.25) is 10.0 Å². The topological polar surface area (TPSA) is 103 Å². The van der Waals surface area contributed by atoms with Crippen LogP contribution in [-0.4, -0.2) is 41.2 Å². The highest BCUT2D eigenvalue weighted by molar-refractivity contribution is 7.89. The highest BCUT2D eigenvalue weighted by Crippen LogP contribution is 2.30. The predicted octanol–water partition coefficient (Wildman–Crippen LogP) is 3.60. The second-order valence-corrected chi connectivity index (χ2v) is 9.22. The maximum absolute atomic E-state index is 12.5. The van der Waals surface area contributed by atoms with Gasteiger partial charge in [-0.1, -0.05) is 24.4 Å². The van der Waals surface area contributed by atoms with E-state index in [9.17, 15) is 13.2 Å². The summed E-state index contributed by atoms with van der Waals surface area (Å²) in [5, 5.41) is 2.79. The van der Waals surface area contributed by atoms with Crippen LogP contribution in [0.5, 0.6) is 17.2 Å². The monoisotopic (exact) mass is 468 g/mol. The molecule has 168 valence electrons. The number of halogens is 1. The molecular formula is C21H25ClN2O6S. The highest BCUT2D eigenvalue weighted by Gasteiger charge is 2.23. The third kappa shape index (κ3) is 6.03. The lowest BCUT2D eigenvalue weighted by molar-refractivity contribution is -0.118. The molecule has 1 fully saturated rings. The third-order valence-corrected chi connectivity index (χ3v) is 6.75. The molecule has 31 heavy (non-hydrogen) atoms. The summed E-state index contributed by atoms with van der Waals surface area (Å²) in [5.74, 6) is 0.808. The van der Waals surface area contributed by atoms with Crippen molar-refractivity contribution in [2.75, 3.05) is 26.1 Å². The number of amides is 1. The van der Waals surface area contributed by atoms with Gasteiger partial charge in [0, 0.05) is 12.1 Å². The number of rotatable bonds is 9. The maximum Gasteiger partial charge on any atom is 0.262 e. The van der Waals surface area contributed by atoms with E-state index in [0.29, 0.717) is 17.2 Å². The van der Waals surface area contributed by atoms with Crippen LogP contribution in [0.25, 0.3) is 0 Å². The summed E-state index contributed by atoms with van der Waals surface area (Å²) in [5.41, 5.74) is 0.461. The Balaban J connectivity index is 1.61. The fraction of sp³-hybridized carbons (Fsp3) is 0.381. The summed E-state index contributed by atoms with van der Waals surface area (Å²) in [6.45, 7) is -0.318. The van der Waals surface area contributed by atoms with E-state index in [1.54, 1.807) is 18.2 Å². The van der Waals surface area contributed by atoms with Gasteiger partial charge < -0.3 is 19.5 Å². The number of methoxy groups -OCH3 is 2. The van der Waals surface area contributed by atoms with Crippen molar-refractivity contribution in [3.63, 3.8) is 0 Å². The number of nitrogens with one attached hydrogen (secondary N) is 2. The van der Waals surface area contributed by atoms with Crippen molar-refractivity contribution in [2.24, 2.45) is 0 Å². The largest absolute Gasteiger partial charge is 0.497 e. The smallest absolute Gasteiger partial charge is 0.262 e. The number of carbonyl (C=O) groups excluding carboxylic acids is 1. The molecule has 0 aliphatic heterocycles. The average Bonchev–Trinajstić information content (AvgIpc) is 3.25. The van der Waals surface area contributed by atoms with Crippen LogP contribution in [0.15, 0.2) is 41.3 Å². The molecule has 8 nitrogen and oxygen atoms in total. The van der Waals surface area contributed by atoms with Crippen LogP contribution < -0.4 is 24.2 Å². The van der Waals surface area contributed by atoms with Crippen molar-refractivity contribution in [3.8, 4) is 17.2 Å². The molecule has 1 aliphatic rings. The van der Waals surface area contributed by atoms with Crippen LogP contribution in [0, 0.1) is 0 Å². The van der Waals surface area contributed by atoms with Crippen molar-refractivity contribution in [3.05, 3.63) is 41.4 Å². The quantitative estimate of drug-likeness (QED) is 0.583. The number of ether oxygens (including phenoxy) is 3. The first-order valence-electron chi connectivity index (χ1n) is 9.79. The zero-order valence-electron chi connectivity index (χ0n) is 17.3. The SMILES string of the molecule is COc1ccc(NC(=O)COc2ccc(S(=O)(=O)NC3CCCC3)cc2Cl)c(OC)c1. The number of hydrogen-bond donors (Lipinski definition) is 2. The van der Waals surface area contributed by atoms with Gasteiger partial charge in [-0.15, -0.1) is 0 Å². The van der Waals surface area contributed by atoms with E-state index < -0.39 is 15.9 Å². The molecule has 10 heteroatoms. The van der Waals surface area contributed by atoms with Gasteiger partial charge in [0.05, 0.1) is 29.8 Å². The van der Waals surface area contributed by atoms with E-state index in [4.69, 9.17) is 25.8 Å². The lowest BCUT2D eigenvalue weighted by Crippen LogP contribution is -2.32. The Hall–Kier alpha value is -2.49. The number of hydrogen-bond acceptors (Lipinski definition) is 6. The van der Waals surface area contributed by atoms with E-state index in [2.05, 4.69) is 10.0 Å². The van der Waals surface area contributed by atoms with Crippen molar-refractivity contribution >= 4 is 33.2 Å². The van der Waals surface area contributed by atoms with Crippen LogP contribution in [0.1, 0.15) is 25.7 Å². The minimum Gasteiger partial charge on any atom is -0.497 e. The van der Waals surface area contributed by atoms with E-state index >= 15 is 0 Å². The molecule has 0 unspecified atom stereocenters.